The molecule has 0 spiro atoms. The van der Waals surface area contributed by atoms with E-state index in [2.05, 4.69) is 24.1 Å². The number of amides is 2. The van der Waals surface area contributed by atoms with Gasteiger partial charge in [0.1, 0.15) is 0 Å². The third kappa shape index (κ3) is 7.23. The van der Waals surface area contributed by atoms with Crippen LogP contribution < -0.4 is 4.90 Å². The average Bonchev–Trinajstić information content (AvgIpc) is 2.97. The zero-order valence-electron chi connectivity index (χ0n) is 24.0. The van der Waals surface area contributed by atoms with Gasteiger partial charge in [-0.25, -0.2) is 14.8 Å². The van der Waals surface area contributed by atoms with Gasteiger partial charge < -0.3 is 9.64 Å². The predicted molar refractivity (Wildman–Crippen MR) is 172 cm³/mol. The monoisotopic (exact) mass is 629 g/mol. The molecule has 9 heteroatoms. The van der Waals surface area contributed by atoms with Crippen molar-refractivity contribution in [2.45, 2.75) is 45.1 Å². The third-order valence-corrected chi connectivity index (χ3v) is 8.99. The second-order valence-electron chi connectivity index (χ2n) is 11.1. The van der Waals surface area contributed by atoms with Crippen LogP contribution in [0.1, 0.15) is 43.7 Å². The van der Waals surface area contributed by atoms with Crippen LogP contribution in [0.2, 0.25) is 10.0 Å². The Hall–Kier alpha value is -2.77. The largest absolute Gasteiger partial charge is 0.448 e. The third-order valence-electron chi connectivity index (χ3n) is 8.25. The maximum absolute atomic E-state index is 13.5. The number of ether oxygens (including phenoxy) is 1. The molecule has 0 aliphatic carbocycles. The molecule has 2 heterocycles. The SMILES string of the molecule is CCCC1COC(=O)N(N2CC(Cc3ccccc3)C(N(C(C)=O)c3ccccc3)C(c3ccc(Cl)c(Cl)c3)C2)C1.Cl. The molecule has 2 saturated heterocycles. The lowest BCUT2D eigenvalue weighted by atomic mass is 9.76. The van der Waals surface area contributed by atoms with Crippen LogP contribution in [0.5, 0.6) is 0 Å². The number of piperidine rings is 1. The van der Waals surface area contributed by atoms with Crippen LogP contribution in [0.15, 0.2) is 78.9 Å². The minimum atomic E-state index is -0.311. The molecule has 5 rings (SSSR count). The number of anilines is 1. The molecule has 0 bridgehead atoms. The van der Waals surface area contributed by atoms with Crippen LogP contribution >= 0.6 is 35.6 Å². The van der Waals surface area contributed by atoms with Gasteiger partial charge in [0.2, 0.25) is 5.91 Å². The van der Waals surface area contributed by atoms with Gasteiger partial charge in [0.05, 0.1) is 16.7 Å². The van der Waals surface area contributed by atoms with Crippen molar-refractivity contribution in [2.75, 3.05) is 31.1 Å². The summed E-state index contributed by atoms with van der Waals surface area (Å²) >= 11 is 12.9. The van der Waals surface area contributed by atoms with Gasteiger partial charge in [0, 0.05) is 50.1 Å². The Morgan fingerprint density at radius 2 is 1.64 bits per heavy atom. The molecule has 42 heavy (non-hydrogen) atoms. The van der Waals surface area contributed by atoms with Crippen molar-refractivity contribution < 1.29 is 14.3 Å². The highest BCUT2D eigenvalue weighted by molar-refractivity contribution is 6.42. The Bertz CT molecular complexity index is 1340. The molecule has 2 aliphatic rings. The molecule has 4 unspecified atom stereocenters. The summed E-state index contributed by atoms with van der Waals surface area (Å²) in [6, 6.07) is 25.7. The van der Waals surface area contributed by atoms with E-state index in [9.17, 15) is 9.59 Å². The van der Waals surface area contributed by atoms with Gasteiger partial charge in [-0.05, 0) is 54.2 Å². The summed E-state index contributed by atoms with van der Waals surface area (Å²) in [5, 5.41) is 4.89. The van der Waals surface area contributed by atoms with E-state index in [1.165, 1.54) is 5.56 Å². The van der Waals surface area contributed by atoms with E-state index in [-0.39, 0.29) is 48.2 Å². The average molecular weight is 631 g/mol. The zero-order chi connectivity index (χ0) is 28.9. The second kappa shape index (κ2) is 14.6. The fraction of sp³-hybridized carbons (Fsp3) is 0.394. The number of halogens is 3. The van der Waals surface area contributed by atoms with Crippen LogP contribution in [0.3, 0.4) is 0 Å². The first-order valence-corrected chi connectivity index (χ1v) is 15.1. The molecule has 0 saturated carbocycles. The van der Waals surface area contributed by atoms with Crippen LogP contribution in [0, 0.1) is 11.8 Å². The van der Waals surface area contributed by atoms with E-state index in [0.717, 1.165) is 30.5 Å². The van der Waals surface area contributed by atoms with Crippen molar-refractivity contribution in [2.24, 2.45) is 11.8 Å². The Labute approximate surface area is 264 Å². The molecule has 224 valence electrons. The lowest BCUT2D eigenvalue weighted by Gasteiger charge is -2.51. The fourth-order valence-electron chi connectivity index (χ4n) is 6.45. The predicted octanol–water partition coefficient (Wildman–Crippen LogP) is 7.88. The summed E-state index contributed by atoms with van der Waals surface area (Å²) < 4.78 is 5.66. The van der Waals surface area contributed by atoms with Gasteiger partial charge in [-0.1, -0.05) is 91.1 Å². The van der Waals surface area contributed by atoms with Gasteiger partial charge in [0.15, 0.2) is 0 Å². The van der Waals surface area contributed by atoms with Crippen molar-refractivity contribution in [1.82, 2.24) is 10.0 Å². The Balaban J connectivity index is 0.00000405. The van der Waals surface area contributed by atoms with Crippen molar-refractivity contribution in [3.63, 3.8) is 0 Å². The normalized spacial score (nSPS) is 22.7. The molecule has 0 radical (unpaired) electrons. The molecule has 4 atom stereocenters. The van der Waals surface area contributed by atoms with Crippen molar-refractivity contribution in [3.05, 3.63) is 100 Å². The van der Waals surface area contributed by atoms with Crippen molar-refractivity contribution >= 4 is 53.3 Å². The van der Waals surface area contributed by atoms with Crippen LogP contribution in [0.4, 0.5) is 10.5 Å². The molecule has 2 aliphatic heterocycles. The summed E-state index contributed by atoms with van der Waals surface area (Å²) in [4.78, 5) is 28.6. The van der Waals surface area contributed by atoms with Gasteiger partial charge in [-0.15, -0.1) is 12.4 Å². The molecule has 0 N–H and O–H groups in total. The molecule has 0 aromatic heterocycles. The number of rotatable bonds is 8. The number of hydrogen-bond donors (Lipinski definition) is 0. The first kappa shape index (κ1) is 32.2. The number of cyclic esters (lactones) is 1. The smallest absolute Gasteiger partial charge is 0.424 e. The highest BCUT2D eigenvalue weighted by Gasteiger charge is 2.46. The lowest BCUT2D eigenvalue weighted by Crippen LogP contribution is -2.63. The second-order valence-corrected chi connectivity index (χ2v) is 11.9. The van der Waals surface area contributed by atoms with Gasteiger partial charge in [-0.2, -0.15) is 0 Å². The first-order valence-electron chi connectivity index (χ1n) is 14.4. The highest BCUT2D eigenvalue weighted by atomic mass is 35.5. The summed E-state index contributed by atoms with van der Waals surface area (Å²) in [5.41, 5.74) is 3.01. The minimum Gasteiger partial charge on any atom is -0.448 e. The summed E-state index contributed by atoms with van der Waals surface area (Å²) in [7, 11) is 0. The standard InChI is InChI=1S/C33H37Cl2N3O3.ClH/c1-3-10-25-19-37(33(40)41-22-25)36-20-27(17-24-11-6-4-7-12-24)32(38(23(2)39)28-13-8-5-9-14-28)29(21-36)26-15-16-30(34)31(35)18-26;/h4-9,11-16,18,25,27,29,32H,3,10,17,19-22H2,1-2H3;1H. The quantitative estimate of drug-likeness (QED) is 0.254. The van der Waals surface area contributed by atoms with Gasteiger partial charge in [-0.3, -0.25) is 4.79 Å². The number of nitrogens with zero attached hydrogens (tertiary/aromatic N) is 3. The fourth-order valence-corrected chi connectivity index (χ4v) is 6.76. The Morgan fingerprint density at radius 3 is 2.29 bits per heavy atom. The topological polar surface area (TPSA) is 53.1 Å². The van der Waals surface area contributed by atoms with Crippen LogP contribution in [-0.2, 0) is 16.0 Å². The zero-order valence-corrected chi connectivity index (χ0v) is 26.3. The number of hydrazine groups is 1. The molecule has 3 aromatic rings. The maximum Gasteiger partial charge on any atom is 0.424 e. The molecule has 2 amide bonds. The van der Waals surface area contributed by atoms with Gasteiger partial charge in [0.25, 0.3) is 0 Å². The first-order chi connectivity index (χ1) is 19.9. The van der Waals surface area contributed by atoms with Crippen LogP contribution in [-0.4, -0.2) is 54.3 Å². The van der Waals surface area contributed by atoms with E-state index < -0.39 is 0 Å². The molecular formula is C33H38Cl3N3O3. The summed E-state index contributed by atoms with van der Waals surface area (Å²) in [6.07, 6.45) is 2.45. The molecule has 2 fully saturated rings. The van der Waals surface area contributed by atoms with Crippen molar-refractivity contribution in [3.8, 4) is 0 Å². The van der Waals surface area contributed by atoms with E-state index in [4.69, 9.17) is 27.9 Å². The summed E-state index contributed by atoms with van der Waals surface area (Å²) in [6.45, 7) is 5.99. The lowest BCUT2D eigenvalue weighted by molar-refractivity contribution is -0.119. The number of hydrogen-bond acceptors (Lipinski definition) is 4. The molecular weight excluding hydrogens is 593 g/mol. The van der Waals surface area contributed by atoms with Crippen LogP contribution in [0.25, 0.3) is 0 Å². The van der Waals surface area contributed by atoms with E-state index in [1.807, 2.05) is 71.6 Å². The number of benzene rings is 3. The van der Waals surface area contributed by atoms with Gasteiger partial charge >= 0.3 is 6.09 Å². The van der Waals surface area contributed by atoms with E-state index in [0.29, 0.717) is 36.3 Å². The number of carbonyl (C=O) groups is 2. The minimum absolute atomic E-state index is 0. The Kier molecular flexibility index (Phi) is 11.2. The maximum atomic E-state index is 13.5. The number of carbonyl (C=O) groups excluding carboxylic acids is 2. The molecule has 6 nitrogen and oxygen atoms in total. The molecule has 3 aromatic carbocycles. The highest BCUT2D eigenvalue weighted by Crippen LogP contribution is 2.41. The summed E-state index contributed by atoms with van der Waals surface area (Å²) in [5.74, 6) is 0.0902. The Morgan fingerprint density at radius 1 is 0.952 bits per heavy atom. The number of para-hydroxylation sites is 1. The van der Waals surface area contributed by atoms with E-state index >= 15 is 0 Å². The van der Waals surface area contributed by atoms with Crippen molar-refractivity contribution in [1.29, 1.82) is 0 Å². The van der Waals surface area contributed by atoms with E-state index in [1.54, 1.807) is 11.9 Å².